The molecule has 3 aliphatic rings. The van der Waals surface area contributed by atoms with Crippen molar-refractivity contribution in [2.75, 3.05) is 6.61 Å². The minimum absolute atomic E-state index is 0.244. The fourth-order valence-corrected chi connectivity index (χ4v) is 4.88. The normalized spacial score (nSPS) is 30.4. The first-order valence-electron chi connectivity index (χ1n) is 9.11. The van der Waals surface area contributed by atoms with Gasteiger partial charge in [-0.25, -0.2) is 4.79 Å². The van der Waals surface area contributed by atoms with Crippen LogP contribution in [-0.4, -0.2) is 41.1 Å². The lowest BCUT2D eigenvalue weighted by molar-refractivity contribution is -0.157. The molecule has 1 saturated heterocycles. The van der Waals surface area contributed by atoms with E-state index in [-0.39, 0.29) is 41.3 Å². The summed E-state index contributed by atoms with van der Waals surface area (Å²) in [4.78, 5) is 50.9. The predicted molar refractivity (Wildman–Crippen MR) is 90.9 cm³/mol. The van der Waals surface area contributed by atoms with Crippen molar-refractivity contribution >= 4 is 23.6 Å². The Morgan fingerprint density at radius 3 is 2.23 bits per heavy atom. The molecule has 3 fully saturated rings. The molecular formula is C20H21NO5. The zero-order valence-corrected chi connectivity index (χ0v) is 14.6. The third-order valence-corrected chi connectivity index (χ3v) is 6.13. The smallest absolute Gasteiger partial charge is 0.329 e. The maximum absolute atomic E-state index is 12.7. The molecule has 26 heavy (non-hydrogen) atoms. The third kappa shape index (κ3) is 2.55. The molecule has 2 saturated carbocycles. The van der Waals surface area contributed by atoms with Gasteiger partial charge in [-0.1, -0.05) is 30.3 Å². The fraction of sp³-hybridized carbons (Fsp3) is 0.500. The molecule has 5 atom stereocenters. The lowest BCUT2D eigenvalue weighted by atomic mass is 9.81. The Balaban J connectivity index is 1.40. The molecule has 2 aliphatic carbocycles. The van der Waals surface area contributed by atoms with Crippen molar-refractivity contribution in [3.63, 3.8) is 0 Å². The van der Waals surface area contributed by atoms with Gasteiger partial charge < -0.3 is 4.74 Å². The van der Waals surface area contributed by atoms with Crippen molar-refractivity contribution in [2.24, 2.45) is 23.7 Å². The van der Waals surface area contributed by atoms with E-state index in [1.165, 1.54) is 6.92 Å². The Labute approximate surface area is 151 Å². The van der Waals surface area contributed by atoms with Crippen molar-refractivity contribution < 1.29 is 23.9 Å². The van der Waals surface area contributed by atoms with Crippen molar-refractivity contribution in [1.29, 1.82) is 0 Å². The van der Waals surface area contributed by atoms with Gasteiger partial charge in [-0.15, -0.1) is 0 Å². The van der Waals surface area contributed by atoms with E-state index in [1.54, 1.807) is 30.3 Å². The summed E-state index contributed by atoms with van der Waals surface area (Å²) in [5.41, 5.74) is 0.451. The highest BCUT2D eigenvalue weighted by molar-refractivity contribution is 6.08. The minimum atomic E-state index is -0.997. The Bertz CT molecular complexity index is 746. The van der Waals surface area contributed by atoms with Gasteiger partial charge in [0.25, 0.3) is 0 Å². The first-order valence-corrected chi connectivity index (χ1v) is 9.11. The molecule has 1 aliphatic heterocycles. The van der Waals surface area contributed by atoms with Crippen LogP contribution in [0.25, 0.3) is 0 Å². The summed E-state index contributed by atoms with van der Waals surface area (Å²) in [6, 6.07) is 7.54. The maximum atomic E-state index is 12.7. The number of likely N-dealkylation sites (tertiary alicyclic amines) is 1. The molecule has 0 N–H and O–H groups in total. The Morgan fingerprint density at radius 1 is 1.08 bits per heavy atom. The van der Waals surface area contributed by atoms with Gasteiger partial charge in [-0.3, -0.25) is 19.3 Å². The summed E-state index contributed by atoms with van der Waals surface area (Å²) in [6.45, 7) is 1.09. The number of rotatable bonds is 5. The van der Waals surface area contributed by atoms with Crippen LogP contribution in [-0.2, 0) is 19.1 Å². The van der Waals surface area contributed by atoms with Gasteiger partial charge in [-0.2, -0.15) is 0 Å². The number of benzene rings is 1. The van der Waals surface area contributed by atoms with Gasteiger partial charge in [0, 0.05) is 5.56 Å². The van der Waals surface area contributed by atoms with Crippen LogP contribution in [0.4, 0.5) is 0 Å². The van der Waals surface area contributed by atoms with Crippen LogP contribution in [0.15, 0.2) is 30.3 Å². The number of nitrogens with zero attached hydrogens (tertiary/aromatic N) is 1. The van der Waals surface area contributed by atoms with E-state index in [1.807, 2.05) is 0 Å². The van der Waals surface area contributed by atoms with Gasteiger partial charge >= 0.3 is 5.97 Å². The van der Waals surface area contributed by atoms with E-state index in [2.05, 4.69) is 0 Å². The summed E-state index contributed by atoms with van der Waals surface area (Å²) in [5.74, 6) is -1.51. The van der Waals surface area contributed by atoms with Crippen LogP contribution in [0.5, 0.6) is 0 Å². The number of carbonyl (C=O) groups excluding carboxylic acids is 4. The van der Waals surface area contributed by atoms with E-state index in [4.69, 9.17) is 4.74 Å². The number of carbonyl (C=O) groups is 4. The van der Waals surface area contributed by atoms with Crippen molar-refractivity contribution in [1.82, 2.24) is 4.90 Å². The Kier molecular flexibility index (Phi) is 4.13. The predicted octanol–water partition coefficient (Wildman–Crippen LogP) is 1.83. The molecule has 2 amide bonds. The van der Waals surface area contributed by atoms with Crippen LogP contribution in [0, 0.1) is 23.7 Å². The average Bonchev–Trinajstić information content (AvgIpc) is 3.33. The van der Waals surface area contributed by atoms with Gasteiger partial charge in [-0.05, 0) is 38.0 Å². The first kappa shape index (κ1) is 16.9. The van der Waals surface area contributed by atoms with E-state index in [9.17, 15) is 19.2 Å². The van der Waals surface area contributed by atoms with Crippen molar-refractivity contribution in [3.05, 3.63) is 35.9 Å². The van der Waals surface area contributed by atoms with Crippen LogP contribution in [0.3, 0.4) is 0 Å². The van der Waals surface area contributed by atoms with Crippen molar-refractivity contribution in [2.45, 2.75) is 32.2 Å². The molecule has 0 radical (unpaired) electrons. The third-order valence-electron chi connectivity index (χ3n) is 6.13. The fourth-order valence-electron chi connectivity index (χ4n) is 4.88. The molecule has 4 rings (SSSR count). The second-order valence-electron chi connectivity index (χ2n) is 7.50. The largest absolute Gasteiger partial charge is 0.456 e. The number of hydrogen-bond acceptors (Lipinski definition) is 5. The molecule has 2 bridgehead atoms. The first-order chi connectivity index (χ1) is 12.5. The van der Waals surface area contributed by atoms with E-state index >= 15 is 0 Å². The molecule has 1 heterocycles. The van der Waals surface area contributed by atoms with Gasteiger partial charge in [0.1, 0.15) is 6.04 Å². The summed E-state index contributed by atoms with van der Waals surface area (Å²) >= 11 is 0. The van der Waals surface area contributed by atoms with Gasteiger partial charge in [0.2, 0.25) is 11.8 Å². The highest BCUT2D eigenvalue weighted by Gasteiger charge is 2.62. The number of hydrogen-bond donors (Lipinski definition) is 0. The topological polar surface area (TPSA) is 80.8 Å². The average molecular weight is 355 g/mol. The standard InChI is InChI=1S/C20H21NO5/c1-11(20(25)26-10-15(22)12-5-3-2-4-6-12)21-18(23)16-13-7-8-14(9-13)17(16)19(21)24/h2-6,11,13-14,16-17H,7-10H2,1H3/t11-,13+,14+,16-,17+/m1/s1. The van der Waals surface area contributed by atoms with Gasteiger partial charge in [0.05, 0.1) is 11.8 Å². The van der Waals surface area contributed by atoms with E-state index in [0.29, 0.717) is 5.56 Å². The SMILES string of the molecule is C[C@H](C(=O)OCC(=O)c1ccccc1)N1C(=O)[C@@H]2[C@H]3CC[C@@H](C3)[C@@H]2C1=O. The maximum Gasteiger partial charge on any atom is 0.329 e. The molecule has 0 unspecified atom stereocenters. The van der Waals surface area contributed by atoms with Crippen LogP contribution in [0.2, 0.25) is 0 Å². The number of ketones is 1. The summed E-state index contributed by atoms with van der Waals surface area (Å²) < 4.78 is 5.09. The highest BCUT2D eigenvalue weighted by atomic mass is 16.5. The molecular weight excluding hydrogens is 334 g/mol. The second-order valence-corrected chi connectivity index (χ2v) is 7.50. The quantitative estimate of drug-likeness (QED) is 0.457. The Morgan fingerprint density at radius 2 is 1.65 bits per heavy atom. The Hall–Kier alpha value is -2.50. The number of fused-ring (bicyclic) bond motifs is 5. The van der Waals surface area contributed by atoms with Crippen LogP contribution >= 0.6 is 0 Å². The number of ether oxygens (including phenoxy) is 1. The molecule has 0 spiro atoms. The second kappa shape index (κ2) is 6.34. The molecule has 1 aromatic rings. The molecule has 1 aromatic carbocycles. The number of amides is 2. The zero-order chi connectivity index (χ0) is 18.4. The lowest BCUT2D eigenvalue weighted by Crippen LogP contribution is -2.45. The summed E-state index contributed by atoms with van der Waals surface area (Å²) in [7, 11) is 0. The van der Waals surface area contributed by atoms with Crippen LogP contribution in [0.1, 0.15) is 36.5 Å². The number of Topliss-reactive ketones (excluding diaryl/α,β-unsaturated/α-hetero) is 1. The highest BCUT2D eigenvalue weighted by Crippen LogP contribution is 2.56. The lowest BCUT2D eigenvalue weighted by Gasteiger charge is -2.22. The summed E-state index contributed by atoms with van der Waals surface area (Å²) in [6.07, 6.45) is 2.93. The zero-order valence-electron chi connectivity index (χ0n) is 14.6. The monoisotopic (exact) mass is 355 g/mol. The summed E-state index contributed by atoms with van der Waals surface area (Å²) in [5, 5.41) is 0. The van der Waals surface area contributed by atoms with Gasteiger partial charge in [0.15, 0.2) is 12.4 Å². The minimum Gasteiger partial charge on any atom is -0.456 e. The molecule has 6 nitrogen and oxygen atoms in total. The van der Waals surface area contributed by atoms with Crippen molar-refractivity contribution in [3.8, 4) is 0 Å². The molecule has 6 heteroatoms. The van der Waals surface area contributed by atoms with E-state index in [0.717, 1.165) is 24.2 Å². The molecule has 136 valence electrons. The van der Waals surface area contributed by atoms with E-state index < -0.39 is 18.6 Å². The molecule has 0 aromatic heterocycles. The number of imide groups is 1. The number of esters is 1. The van der Waals surface area contributed by atoms with Crippen LogP contribution < -0.4 is 0 Å².